The number of methoxy groups -OCH3 is 1. The Morgan fingerprint density at radius 2 is 1.84 bits per heavy atom. The van der Waals surface area contributed by atoms with Crippen LogP contribution in [0.15, 0.2) is 30.3 Å². The van der Waals surface area contributed by atoms with Gasteiger partial charge in [-0.25, -0.2) is 4.79 Å². The highest BCUT2D eigenvalue weighted by molar-refractivity contribution is 5.82. The minimum absolute atomic E-state index is 0.125. The van der Waals surface area contributed by atoms with Crippen molar-refractivity contribution in [2.75, 3.05) is 53.0 Å². The van der Waals surface area contributed by atoms with E-state index >= 15 is 0 Å². The van der Waals surface area contributed by atoms with Crippen LogP contribution >= 0.6 is 0 Å². The van der Waals surface area contributed by atoms with E-state index in [1.807, 2.05) is 58.0 Å². The summed E-state index contributed by atoms with van der Waals surface area (Å²) < 4.78 is 16.3. The molecule has 0 bridgehead atoms. The van der Waals surface area contributed by atoms with E-state index in [1.165, 1.54) is 7.11 Å². The van der Waals surface area contributed by atoms with Crippen LogP contribution in [0.4, 0.5) is 4.79 Å². The highest BCUT2D eigenvalue weighted by Crippen LogP contribution is 2.19. The van der Waals surface area contributed by atoms with E-state index in [9.17, 15) is 9.59 Å². The first-order chi connectivity index (χ1) is 14.7. The number of carbonyl (C=O) groups excluding carboxylic acids is 2. The van der Waals surface area contributed by atoms with Gasteiger partial charge in [0.25, 0.3) is 5.91 Å². The normalized spacial score (nSPS) is 16.9. The average Bonchev–Trinajstić information content (AvgIpc) is 2.71. The first kappa shape index (κ1) is 25.1. The summed E-state index contributed by atoms with van der Waals surface area (Å²) in [6.07, 6.45) is -1.19. The van der Waals surface area contributed by atoms with Crippen molar-refractivity contribution in [3.8, 4) is 0 Å². The number of nitrogens with zero attached hydrogens (tertiary/aromatic N) is 2. The monoisotopic (exact) mass is 435 g/mol. The molecule has 8 heteroatoms. The largest absolute Gasteiger partial charge is 0.444 e. The molecule has 2 atom stereocenters. The van der Waals surface area contributed by atoms with Crippen molar-refractivity contribution in [1.29, 1.82) is 0 Å². The molecule has 1 saturated heterocycles. The van der Waals surface area contributed by atoms with Gasteiger partial charge in [0.2, 0.25) is 0 Å². The molecular formula is C23H37N3O5. The topological polar surface area (TPSA) is 80.3 Å². The molecular weight excluding hydrogens is 398 g/mol. The van der Waals surface area contributed by atoms with E-state index in [0.29, 0.717) is 26.3 Å². The second-order valence-electron chi connectivity index (χ2n) is 8.81. The fraction of sp³-hybridized carbons (Fsp3) is 0.652. The van der Waals surface area contributed by atoms with E-state index in [0.717, 1.165) is 25.2 Å². The standard InChI is InChI=1S/C23H37N3O5/c1-18(24-22(28)31-23(2,3)4)17-26(12-11-25-13-15-30-16-14-25)21(27)20(29-5)19-9-7-6-8-10-19/h6-10,18,20H,11-17H2,1-5H3,(H,24,28)/t18-,20-/m1/s1. The highest BCUT2D eigenvalue weighted by Gasteiger charge is 2.28. The summed E-state index contributed by atoms with van der Waals surface area (Å²) in [5.41, 5.74) is 0.225. The second-order valence-corrected chi connectivity index (χ2v) is 8.81. The Balaban J connectivity index is 2.07. The lowest BCUT2D eigenvalue weighted by Gasteiger charge is -2.33. The summed E-state index contributed by atoms with van der Waals surface area (Å²) >= 11 is 0. The Hall–Kier alpha value is -2.16. The quantitative estimate of drug-likeness (QED) is 0.642. The molecule has 0 radical (unpaired) electrons. The number of morpholine rings is 1. The Kier molecular flexibility index (Phi) is 9.74. The van der Waals surface area contributed by atoms with Gasteiger partial charge in [-0.2, -0.15) is 0 Å². The molecule has 1 fully saturated rings. The molecule has 1 N–H and O–H groups in total. The molecule has 31 heavy (non-hydrogen) atoms. The third-order valence-corrected chi connectivity index (χ3v) is 4.92. The summed E-state index contributed by atoms with van der Waals surface area (Å²) in [7, 11) is 1.54. The summed E-state index contributed by atoms with van der Waals surface area (Å²) in [6.45, 7) is 12.0. The number of hydrogen-bond donors (Lipinski definition) is 1. The van der Waals surface area contributed by atoms with Crippen LogP contribution in [0.2, 0.25) is 0 Å². The number of amides is 2. The van der Waals surface area contributed by atoms with E-state index < -0.39 is 17.8 Å². The lowest BCUT2D eigenvalue weighted by molar-refractivity contribution is -0.143. The first-order valence-corrected chi connectivity index (χ1v) is 10.9. The molecule has 0 saturated carbocycles. The van der Waals surface area contributed by atoms with Crippen molar-refractivity contribution >= 4 is 12.0 Å². The Morgan fingerprint density at radius 1 is 1.19 bits per heavy atom. The van der Waals surface area contributed by atoms with E-state index in [2.05, 4.69) is 10.2 Å². The summed E-state index contributed by atoms with van der Waals surface area (Å²) in [4.78, 5) is 29.6. The van der Waals surface area contributed by atoms with Gasteiger partial charge in [-0.15, -0.1) is 0 Å². The maximum atomic E-state index is 13.4. The lowest BCUT2D eigenvalue weighted by Crippen LogP contribution is -2.50. The minimum atomic E-state index is -0.695. The third-order valence-electron chi connectivity index (χ3n) is 4.92. The van der Waals surface area contributed by atoms with Crippen molar-refractivity contribution < 1.29 is 23.8 Å². The molecule has 8 nitrogen and oxygen atoms in total. The molecule has 1 aliphatic rings. The van der Waals surface area contributed by atoms with Crippen molar-refractivity contribution in [3.05, 3.63) is 35.9 Å². The number of carbonyl (C=O) groups is 2. The van der Waals surface area contributed by atoms with Gasteiger partial charge in [0, 0.05) is 45.9 Å². The summed E-state index contributed by atoms with van der Waals surface area (Å²) in [5.74, 6) is -0.125. The van der Waals surface area contributed by atoms with Gasteiger partial charge < -0.3 is 24.4 Å². The van der Waals surface area contributed by atoms with Gasteiger partial charge >= 0.3 is 6.09 Å². The number of rotatable bonds is 9. The molecule has 2 rings (SSSR count). The van der Waals surface area contributed by atoms with E-state index in [4.69, 9.17) is 14.2 Å². The number of nitrogens with one attached hydrogen (secondary N) is 1. The Bertz CT molecular complexity index is 686. The molecule has 0 unspecified atom stereocenters. The van der Waals surface area contributed by atoms with Crippen LogP contribution in [-0.4, -0.2) is 86.5 Å². The zero-order valence-corrected chi connectivity index (χ0v) is 19.4. The number of ether oxygens (including phenoxy) is 3. The van der Waals surface area contributed by atoms with Gasteiger partial charge in [0.1, 0.15) is 5.60 Å². The molecule has 1 heterocycles. The van der Waals surface area contributed by atoms with Crippen LogP contribution in [0.1, 0.15) is 39.4 Å². The predicted octanol–water partition coefficient (Wildman–Crippen LogP) is 2.45. The molecule has 0 spiro atoms. The highest BCUT2D eigenvalue weighted by atomic mass is 16.6. The van der Waals surface area contributed by atoms with Crippen LogP contribution in [0.5, 0.6) is 0 Å². The van der Waals surface area contributed by atoms with Crippen LogP contribution in [0.3, 0.4) is 0 Å². The lowest BCUT2D eigenvalue weighted by atomic mass is 10.1. The zero-order chi connectivity index (χ0) is 22.9. The van der Waals surface area contributed by atoms with Crippen LogP contribution < -0.4 is 5.32 Å². The molecule has 2 amide bonds. The molecule has 1 aromatic rings. The van der Waals surface area contributed by atoms with E-state index in [1.54, 1.807) is 4.90 Å². The second kappa shape index (κ2) is 12.0. The molecule has 1 aliphatic heterocycles. The summed E-state index contributed by atoms with van der Waals surface area (Å²) in [5, 5.41) is 2.83. The number of benzene rings is 1. The van der Waals surface area contributed by atoms with Crippen LogP contribution in [0.25, 0.3) is 0 Å². The fourth-order valence-corrected chi connectivity index (χ4v) is 3.44. The fourth-order valence-electron chi connectivity index (χ4n) is 3.44. The molecule has 174 valence electrons. The maximum Gasteiger partial charge on any atom is 0.407 e. The summed E-state index contributed by atoms with van der Waals surface area (Å²) in [6, 6.07) is 9.17. The van der Waals surface area contributed by atoms with E-state index in [-0.39, 0.29) is 11.9 Å². The van der Waals surface area contributed by atoms with Crippen LogP contribution in [-0.2, 0) is 19.0 Å². The van der Waals surface area contributed by atoms with Gasteiger partial charge in [0.05, 0.1) is 13.2 Å². The van der Waals surface area contributed by atoms with Crippen LogP contribution in [0, 0.1) is 0 Å². The third kappa shape index (κ3) is 8.85. The first-order valence-electron chi connectivity index (χ1n) is 10.9. The predicted molar refractivity (Wildman–Crippen MR) is 119 cm³/mol. The molecule has 0 aromatic heterocycles. The van der Waals surface area contributed by atoms with Crippen molar-refractivity contribution in [1.82, 2.24) is 15.1 Å². The zero-order valence-electron chi connectivity index (χ0n) is 19.4. The molecule has 1 aromatic carbocycles. The van der Waals surface area contributed by atoms with Crippen molar-refractivity contribution in [3.63, 3.8) is 0 Å². The Morgan fingerprint density at radius 3 is 2.42 bits per heavy atom. The van der Waals surface area contributed by atoms with Crippen molar-refractivity contribution in [2.45, 2.75) is 45.4 Å². The average molecular weight is 436 g/mol. The maximum absolute atomic E-state index is 13.4. The van der Waals surface area contributed by atoms with Gasteiger partial charge in [0.15, 0.2) is 6.10 Å². The van der Waals surface area contributed by atoms with Gasteiger partial charge in [-0.3, -0.25) is 9.69 Å². The Labute approximate surface area is 185 Å². The SMILES string of the molecule is CO[C@@H](C(=O)N(CCN1CCOCC1)C[C@@H](C)NC(=O)OC(C)(C)C)c1ccccc1. The van der Waals surface area contributed by atoms with Gasteiger partial charge in [-0.05, 0) is 33.3 Å². The van der Waals surface area contributed by atoms with Crippen molar-refractivity contribution in [2.24, 2.45) is 0 Å². The number of hydrogen-bond acceptors (Lipinski definition) is 6. The minimum Gasteiger partial charge on any atom is -0.444 e. The van der Waals surface area contributed by atoms with Gasteiger partial charge in [-0.1, -0.05) is 30.3 Å². The number of alkyl carbamates (subject to hydrolysis) is 1. The molecule has 0 aliphatic carbocycles. The smallest absolute Gasteiger partial charge is 0.407 e.